The second kappa shape index (κ2) is 5.49. The van der Waals surface area contributed by atoms with E-state index >= 15 is 0 Å². The maximum atomic E-state index is 12.1. The summed E-state index contributed by atoms with van der Waals surface area (Å²) in [5.41, 5.74) is -1.78. The van der Waals surface area contributed by atoms with E-state index in [-0.39, 0.29) is 23.8 Å². The number of carbonyl (C=O) groups excluding carboxylic acids is 1. The van der Waals surface area contributed by atoms with E-state index in [4.69, 9.17) is 5.11 Å². The quantitative estimate of drug-likeness (QED) is 0.721. The van der Waals surface area contributed by atoms with E-state index in [0.29, 0.717) is 5.92 Å². The van der Waals surface area contributed by atoms with Crippen LogP contribution < -0.4 is 5.32 Å². The molecule has 0 heterocycles. The van der Waals surface area contributed by atoms with Gasteiger partial charge < -0.3 is 15.5 Å². The van der Waals surface area contributed by atoms with Crippen LogP contribution in [0, 0.1) is 17.3 Å². The molecule has 1 fully saturated rings. The van der Waals surface area contributed by atoms with Gasteiger partial charge in [-0.25, -0.2) is 4.79 Å². The van der Waals surface area contributed by atoms with Gasteiger partial charge in [0, 0.05) is 5.92 Å². The van der Waals surface area contributed by atoms with Crippen molar-refractivity contribution in [3.8, 4) is 0 Å². The summed E-state index contributed by atoms with van der Waals surface area (Å²) in [6, 6.07) is 0. The highest BCUT2D eigenvalue weighted by molar-refractivity contribution is 5.81. The van der Waals surface area contributed by atoms with Crippen molar-refractivity contribution in [3.05, 3.63) is 0 Å². The fourth-order valence-electron chi connectivity index (χ4n) is 3.02. The molecule has 3 unspecified atom stereocenters. The van der Waals surface area contributed by atoms with Crippen molar-refractivity contribution in [1.82, 2.24) is 5.32 Å². The van der Waals surface area contributed by atoms with E-state index in [1.165, 1.54) is 6.92 Å². The number of nitrogens with one attached hydrogen (secondary N) is 1. The van der Waals surface area contributed by atoms with Gasteiger partial charge >= 0.3 is 5.97 Å². The van der Waals surface area contributed by atoms with Crippen molar-refractivity contribution >= 4 is 11.9 Å². The first-order valence-electron chi connectivity index (χ1n) is 6.77. The molecule has 3 N–H and O–H groups in total. The Balaban J connectivity index is 2.57. The Morgan fingerprint density at radius 1 is 1.37 bits per heavy atom. The minimum absolute atomic E-state index is 0.0941. The van der Waals surface area contributed by atoms with Gasteiger partial charge in [0.25, 0.3) is 0 Å². The Bertz CT molecular complexity index is 362. The lowest BCUT2D eigenvalue weighted by atomic mass is 9.68. The normalized spacial score (nSPS) is 29.3. The van der Waals surface area contributed by atoms with Crippen LogP contribution in [0.4, 0.5) is 0 Å². The van der Waals surface area contributed by atoms with E-state index in [1.54, 1.807) is 0 Å². The molecular weight excluding hydrogens is 246 g/mol. The van der Waals surface area contributed by atoms with Crippen LogP contribution in [0.5, 0.6) is 0 Å². The maximum Gasteiger partial charge on any atom is 0.337 e. The zero-order valence-electron chi connectivity index (χ0n) is 12.2. The third-order valence-corrected chi connectivity index (χ3v) is 3.83. The van der Waals surface area contributed by atoms with Crippen molar-refractivity contribution in [2.75, 3.05) is 6.54 Å². The molecule has 1 aliphatic rings. The number of rotatable bonds is 4. The predicted molar refractivity (Wildman–Crippen MR) is 71.6 cm³/mol. The Hall–Kier alpha value is -1.10. The monoisotopic (exact) mass is 271 g/mol. The van der Waals surface area contributed by atoms with E-state index in [2.05, 4.69) is 26.1 Å². The van der Waals surface area contributed by atoms with Crippen LogP contribution in [-0.4, -0.2) is 34.2 Å². The van der Waals surface area contributed by atoms with Crippen molar-refractivity contribution in [1.29, 1.82) is 0 Å². The average Bonchev–Trinajstić information content (AvgIpc) is 2.22. The number of hydrogen-bond donors (Lipinski definition) is 3. The van der Waals surface area contributed by atoms with Gasteiger partial charge in [-0.1, -0.05) is 20.8 Å². The second-order valence-electron chi connectivity index (χ2n) is 6.91. The van der Waals surface area contributed by atoms with Crippen LogP contribution in [0.15, 0.2) is 0 Å². The molecule has 0 aromatic rings. The van der Waals surface area contributed by atoms with Gasteiger partial charge in [0.1, 0.15) is 0 Å². The van der Waals surface area contributed by atoms with Crippen LogP contribution in [0.25, 0.3) is 0 Å². The SMILES string of the molecule is CC1CC(C(=O)NCC(C)(O)C(=O)O)CC(C)(C)C1. The molecule has 0 spiro atoms. The van der Waals surface area contributed by atoms with Crippen LogP contribution in [-0.2, 0) is 9.59 Å². The third kappa shape index (κ3) is 4.49. The zero-order chi connectivity index (χ0) is 14.8. The summed E-state index contributed by atoms with van der Waals surface area (Å²) in [6.45, 7) is 7.36. The topological polar surface area (TPSA) is 86.6 Å². The van der Waals surface area contributed by atoms with Gasteiger partial charge in [-0.2, -0.15) is 0 Å². The Morgan fingerprint density at radius 2 is 1.95 bits per heavy atom. The largest absolute Gasteiger partial charge is 0.479 e. The second-order valence-corrected chi connectivity index (χ2v) is 6.91. The number of carboxylic acids is 1. The van der Waals surface area contributed by atoms with Crippen LogP contribution in [0.1, 0.15) is 47.0 Å². The average molecular weight is 271 g/mol. The number of hydrogen-bond acceptors (Lipinski definition) is 3. The van der Waals surface area contributed by atoms with Crippen LogP contribution >= 0.6 is 0 Å². The minimum Gasteiger partial charge on any atom is -0.479 e. The van der Waals surface area contributed by atoms with E-state index in [1.807, 2.05) is 0 Å². The number of aliphatic carboxylic acids is 1. The highest BCUT2D eigenvalue weighted by atomic mass is 16.4. The summed E-state index contributed by atoms with van der Waals surface area (Å²) in [6.07, 6.45) is 2.73. The predicted octanol–water partition coefficient (Wildman–Crippen LogP) is 1.40. The molecule has 110 valence electrons. The van der Waals surface area contributed by atoms with Crippen molar-refractivity contribution in [2.24, 2.45) is 17.3 Å². The molecule has 0 aromatic carbocycles. The number of carboxylic acid groups (broad SMARTS) is 1. The van der Waals surface area contributed by atoms with E-state index in [9.17, 15) is 14.7 Å². The first-order chi connectivity index (χ1) is 8.53. The summed E-state index contributed by atoms with van der Waals surface area (Å²) < 4.78 is 0. The Morgan fingerprint density at radius 3 is 2.42 bits per heavy atom. The van der Waals surface area contributed by atoms with Crippen molar-refractivity contribution in [2.45, 2.75) is 52.6 Å². The van der Waals surface area contributed by atoms with E-state index < -0.39 is 11.6 Å². The lowest BCUT2D eigenvalue weighted by Gasteiger charge is -2.38. The first kappa shape index (κ1) is 16.0. The molecule has 19 heavy (non-hydrogen) atoms. The fourth-order valence-corrected chi connectivity index (χ4v) is 3.02. The summed E-state index contributed by atoms with van der Waals surface area (Å²) in [5, 5.41) is 20.9. The molecule has 0 radical (unpaired) electrons. The first-order valence-corrected chi connectivity index (χ1v) is 6.77. The molecular formula is C14H25NO4. The smallest absolute Gasteiger partial charge is 0.337 e. The molecule has 0 saturated heterocycles. The lowest BCUT2D eigenvalue weighted by Crippen LogP contribution is -2.48. The molecule has 1 saturated carbocycles. The van der Waals surface area contributed by atoms with Gasteiger partial charge in [0.05, 0.1) is 6.54 Å². The number of amides is 1. The highest BCUT2D eigenvalue weighted by Crippen LogP contribution is 2.41. The molecule has 0 aliphatic heterocycles. The lowest BCUT2D eigenvalue weighted by molar-refractivity contribution is -0.156. The minimum atomic E-state index is -1.91. The van der Waals surface area contributed by atoms with E-state index in [0.717, 1.165) is 19.3 Å². The summed E-state index contributed by atoms with van der Waals surface area (Å²) in [5.74, 6) is -1.09. The van der Waals surface area contributed by atoms with Gasteiger partial charge in [0.2, 0.25) is 5.91 Å². The number of carbonyl (C=O) groups is 2. The fraction of sp³-hybridized carbons (Fsp3) is 0.857. The van der Waals surface area contributed by atoms with Gasteiger partial charge in [-0.3, -0.25) is 4.79 Å². The molecule has 1 rings (SSSR count). The van der Waals surface area contributed by atoms with Crippen molar-refractivity contribution in [3.63, 3.8) is 0 Å². The molecule has 1 amide bonds. The number of aliphatic hydroxyl groups is 1. The van der Waals surface area contributed by atoms with Gasteiger partial charge in [-0.05, 0) is 37.5 Å². The summed E-state index contributed by atoms with van der Waals surface area (Å²) >= 11 is 0. The van der Waals surface area contributed by atoms with Crippen LogP contribution in [0.3, 0.4) is 0 Å². The van der Waals surface area contributed by atoms with Gasteiger partial charge in [0.15, 0.2) is 5.60 Å². The molecule has 0 bridgehead atoms. The molecule has 5 nitrogen and oxygen atoms in total. The highest BCUT2D eigenvalue weighted by Gasteiger charge is 2.37. The molecule has 3 atom stereocenters. The maximum absolute atomic E-state index is 12.1. The third-order valence-electron chi connectivity index (χ3n) is 3.83. The molecule has 5 heteroatoms. The summed E-state index contributed by atoms with van der Waals surface area (Å²) in [7, 11) is 0. The molecule has 1 aliphatic carbocycles. The molecule has 0 aromatic heterocycles. The van der Waals surface area contributed by atoms with Crippen LogP contribution in [0.2, 0.25) is 0 Å². The van der Waals surface area contributed by atoms with Crippen molar-refractivity contribution < 1.29 is 19.8 Å². The standard InChI is InChI=1S/C14H25NO4/c1-9-5-10(7-13(2,3)6-9)11(16)15-8-14(4,19)12(17)18/h9-10,19H,5-8H2,1-4H3,(H,15,16)(H,17,18). The van der Waals surface area contributed by atoms with Gasteiger partial charge in [-0.15, -0.1) is 0 Å². The summed E-state index contributed by atoms with van der Waals surface area (Å²) in [4.78, 5) is 22.8. The Labute approximate surface area is 114 Å². The zero-order valence-corrected chi connectivity index (χ0v) is 12.2. The Kier molecular flexibility index (Phi) is 4.61.